The monoisotopic (exact) mass is 254 g/mol. The van der Waals surface area contributed by atoms with E-state index < -0.39 is 9.84 Å². The number of aliphatic hydroxyl groups excluding tert-OH is 1. The van der Waals surface area contributed by atoms with Crippen molar-refractivity contribution in [1.82, 2.24) is 0 Å². The summed E-state index contributed by atoms with van der Waals surface area (Å²) in [5.74, 6) is 0.0846. The molecule has 0 spiro atoms. The summed E-state index contributed by atoms with van der Waals surface area (Å²) in [5.41, 5.74) is 0.874. The predicted molar refractivity (Wildman–Crippen MR) is 68.6 cm³/mol. The smallest absolute Gasteiger partial charge is 0.178 e. The Kier molecular flexibility index (Phi) is 5.38. The topological polar surface area (TPSA) is 54.4 Å². The van der Waals surface area contributed by atoms with Gasteiger partial charge in [0.1, 0.15) is 0 Å². The average molecular weight is 254 g/mol. The van der Waals surface area contributed by atoms with Gasteiger partial charge in [-0.25, -0.2) is 8.42 Å². The van der Waals surface area contributed by atoms with E-state index in [1.54, 1.807) is 30.3 Å². The molecule has 3 nitrogen and oxygen atoms in total. The third-order valence-corrected chi connectivity index (χ3v) is 4.25. The van der Waals surface area contributed by atoms with E-state index in [2.05, 4.69) is 6.58 Å². The summed E-state index contributed by atoms with van der Waals surface area (Å²) in [6.45, 7) is 3.93. The molecule has 0 aliphatic rings. The molecule has 0 heterocycles. The van der Waals surface area contributed by atoms with Crippen LogP contribution >= 0.6 is 0 Å². The minimum absolute atomic E-state index is 0.0846. The Morgan fingerprint density at radius 3 is 2.41 bits per heavy atom. The van der Waals surface area contributed by atoms with Gasteiger partial charge in [-0.2, -0.15) is 0 Å². The van der Waals surface area contributed by atoms with Gasteiger partial charge < -0.3 is 5.11 Å². The van der Waals surface area contributed by atoms with E-state index in [0.717, 1.165) is 5.57 Å². The van der Waals surface area contributed by atoms with Crippen LogP contribution in [0.2, 0.25) is 0 Å². The lowest BCUT2D eigenvalue weighted by atomic mass is 10.1. The van der Waals surface area contributed by atoms with Crippen molar-refractivity contribution in [3.63, 3.8) is 0 Å². The maximum Gasteiger partial charge on any atom is 0.178 e. The van der Waals surface area contributed by atoms with Gasteiger partial charge in [0.25, 0.3) is 0 Å². The Bertz CT molecular complexity index is 449. The highest BCUT2D eigenvalue weighted by atomic mass is 32.2. The van der Waals surface area contributed by atoms with Crippen LogP contribution in [0.3, 0.4) is 0 Å². The molecule has 0 fully saturated rings. The maximum atomic E-state index is 11.9. The zero-order valence-electron chi connectivity index (χ0n) is 9.80. The molecular weight excluding hydrogens is 236 g/mol. The van der Waals surface area contributed by atoms with Gasteiger partial charge in [-0.15, -0.1) is 0 Å². The Morgan fingerprint density at radius 1 is 1.18 bits per heavy atom. The first-order valence-electron chi connectivity index (χ1n) is 5.61. The highest BCUT2D eigenvalue weighted by Gasteiger charge is 2.13. The van der Waals surface area contributed by atoms with Crippen molar-refractivity contribution < 1.29 is 13.5 Å². The molecule has 0 bridgehead atoms. The molecule has 0 radical (unpaired) electrons. The molecule has 1 N–H and O–H groups in total. The van der Waals surface area contributed by atoms with Gasteiger partial charge in [0.15, 0.2) is 9.84 Å². The molecule has 4 heteroatoms. The van der Waals surface area contributed by atoms with Crippen molar-refractivity contribution in [2.75, 3.05) is 12.4 Å². The predicted octanol–water partition coefficient (Wildman–Crippen LogP) is 2.18. The lowest BCUT2D eigenvalue weighted by molar-refractivity contribution is 0.288. The fourth-order valence-electron chi connectivity index (χ4n) is 1.48. The zero-order valence-corrected chi connectivity index (χ0v) is 10.6. The number of benzene rings is 1. The summed E-state index contributed by atoms with van der Waals surface area (Å²) in [4.78, 5) is 0.356. The molecule has 17 heavy (non-hydrogen) atoms. The second-order valence-electron chi connectivity index (χ2n) is 3.96. The highest BCUT2D eigenvalue weighted by molar-refractivity contribution is 7.91. The molecule has 0 aromatic heterocycles. The number of hydrogen-bond acceptors (Lipinski definition) is 3. The number of aliphatic hydroxyl groups is 1. The lowest BCUT2D eigenvalue weighted by Gasteiger charge is -2.06. The molecular formula is C13H18O3S. The van der Waals surface area contributed by atoms with Crippen LogP contribution in [-0.4, -0.2) is 25.9 Å². The van der Waals surface area contributed by atoms with E-state index in [1.165, 1.54) is 0 Å². The van der Waals surface area contributed by atoms with Crippen LogP contribution in [0.1, 0.15) is 19.3 Å². The summed E-state index contributed by atoms with van der Waals surface area (Å²) in [5, 5.41) is 8.66. The molecule has 0 aliphatic carbocycles. The van der Waals surface area contributed by atoms with Crippen molar-refractivity contribution >= 4 is 9.84 Å². The standard InChI is InChI=1S/C13H18O3S/c1-12(6-5-10-14)9-11-17(15,16)13-7-3-2-4-8-13/h2-4,7-8,14H,1,5-6,9-11H2. The van der Waals surface area contributed by atoms with Gasteiger partial charge in [-0.05, 0) is 31.4 Å². The summed E-state index contributed by atoms with van der Waals surface area (Å²) < 4.78 is 23.8. The molecule has 94 valence electrons. The molecule has 0 aliphatic heterocycles. The quantitative estimate of drug-likeness (QED) is 0.759. The van der Waals surface area contributed by atoms with E-state index in [0.29, 0.717) is 24.2 Å². The largest absolute Gasteiger partial charge is 0.396 e. The highest BCUT2D eigenvalue weighted by Crippen LogP contribution is 2.15. The fourth-order valence-corrected chi connectivity index (χ4v) is 2.84. The Hall–Kier alpha value is -1.13. The van der Waals surface area contributed by atoms with E-state index in [9.17, 15) is 8.42 Å². The lowest BCUT2D eigenvalue weighted by Crippen LogP contribution is -2.07. The van der Waals surface area contributed by atoms with Gasteiger partial charge in [-0.1, -0.05) is 30.4 Å². The molecule has 0 atom stereocenters. The van der Waals surface area contributed by atoms with Crippen LogP contribution in [-0.2, 0) is 9.84 Å². The number of hydrogen-bond donors (Lipinski definition) is 1. The summed E-state index contributed by atoms with van der Waals surface area (Å²) in [6, 6.07) is 8.43. The first kappa shape index (κ1) is 13.9. The molecule has 0 unspecified atom stereocenters. The SMILES string of the molecule is C=C(CCCO)CCS(=O)(=O)c1ccccc1. The minimum Gasteiger partial charge on any atom is -0.396 e. The minimum atomic E-state index is -3.20. The summed E-state index contributed by atoms with van der Waals surface area (Å²) >= 11 is 0. The van der Waals surface area contributed by atoms with Crippen molar-refractivity contribution in [2.24, 2.45) is 0 Å². The van der Waals surface area contributed by atoms with Crippen LogP contribution in [0.5, 0.6) is 0 Å². The van der Waals surface area contributed by atoms with E-state index in [1.807, 2.05) is 0 Å². The Balaban J connectivity index is 2.54. The molecule has 1 rings (SSSR count). The number of sulfone groups is 1. The van der Waals surface area contributed by atoms with Crippen molar-refractivity contribution in [2.45, 2.75) is 24.2 Å². The molecule has 0 saturated carbocycles. The Labute approximate surface area is 103 Å². The van der Waals surface area contributed by atoms with Gasteiger partial charge in [0, 0.05) is 6.61 Å². The van der Waals surface area contributed by atoms with Crippen LogP contribution in [0.4, 0.5) is 0 Å². The molecule has 1 aromatic rings. The summed E-state index contributed by atoms with van der Waals surface area (Å²) in [6.07, 6.45) is 1.78. The molecule has 1 aromatic carbocycles. The third-order valence-electron chi connectivity index (χ3n) is 2.52. The number of allylic oxidation sites excluding steroid dienone is 1. The van der Waals surface area contributed by atoms with Crippen LogP contribution in [0.15, 0.2) is 47.4 Å². The van der Waals surface area contributed by atoms with Crippen LogP contribution in [0.25, 0.3) is 0 Å². The van der Waals surface area contributed by atoms with Gasteiger partial charge in [0.2, 0.25) is 0 Å². The average Bonchev–Trinajstić information content (AvgIpc) is 2.35. The van der Waals surface area contributed by atoms with Gasteiger partial charge in [0.05, 0.1) is 10.6 Å². The van der Waals surface area contributed by atoms with E-state index in [-0.39, 0.29) is 12.4 Å². The second kappa shape index (κ2) is 6.57. The van der Waals surface area contributed by atoms with Crippen molar-refractivity contribution in [1.29, 1.82) is 0 Å². The van der Waals surface area contributed by atoms with Crippen LogP contribution in [0, 0.1) is 0 Å². The fraction of sp³-hybridized carbons (Fsp3) is 0.385. The summed E-state index contributed by atoms with van der Waals surface area (Å²) in [7, 11) is -3.20. The number of rotatable bonds is 7. The zero-order chi connectivity index (χ0) is 12.7. The first-order valence-corrected chi connectivity index (χ1v) is 7.27. The van der Waals surface area contributed by atoms with E-state index >= 15 is 0 Å². The van der Waals surface area contributed by atoms with E-state index in [4.69, 9.17) is 5.11 Å². The van der Waals surface area contributed by atoms with Crippen molar-refractivity contribution in [3.8, 4) is 0 Å². The molecule has 0 saturated heterocycles. The Morgan fingerprint density at radius 2 is 1.82 bits per heavy atom. The first-order chi connectivity index (χ1) is 8.06. The molecule has 0 amide bonds. The second-order valence-corrected chi connectivity index (χ2v) is 6.07. The normalized spacial score (nSPS) is 11.4. The maximum absolute atomic E-state index is 11.9. The van der Waals surface area contributed by atoms with Gasteiger partial charge in [-0.3, -0.25) is 0 Å². The van der Waals surface area contributed by atoms with Crippen molar-refractivity contribution in [3.05, 3.63) is 42.5 Å². The van der Waals surface area contributed by atoms with Crippen LogP contribution < -0.4 is 0 Å². The third kappa shape index (κ3) is 4.71. The van der Waals surface area contributed by atoms with Gasteiger partial charge >= 0.3 is 0 Å².